The molecule has 7 heteroatoms. The number of nitrogens with zero attached hydrogens (tertiary/aromatic N) is 1. The van der Waals surface area contributed by atoms with Crippen LogP contribution in [0.2, 0.25) is 0 Å². The summed E-state index contributed by atoms with van der Waals surface area (Å²) >= 11 is 0. The number of para-hydroxylation sites is 1. The molecule has 1 amide bonds. The van der Waals surface area contributed by atoms with Gasteiger partial charge in [0.2, 0.25) is 5.91 Å². The van der Waals surface area contributed by atoms with Crippen LogP contribution in [0.15, 0.2) is 53.7 Å². The van der Waals surface area contributed by atoms with Gasteiger partial charge in [0.1, 0.15) is 12.4 Å². The number of carbonyl (C=O) groups excluding carboxylic acids is 2. The second-order valence-electron chi connectivity index (χ2n) is 6.48. The third-order valence-electron chi connectivity index (χ3n) is 4.99. The lowest BCUT2D eigenvalue weighted by Gasteiger charge is -2.32. The molecule has 0 saturated heterocycles. The molecule has 0 saturated carbocycles. The van der Waals surface area contributed by atoms with Gasteiger partial charge >= 0.3 is 5.97 Å². The van der Waals surface area contributed by atoms with E-state index in [1.165, 1.54) is 37.3 Å². The maximum atomic E-state index is 13.7. The molecule has 0 N–H and O–H groups in total. The fraction of sp³-hybridized carbons (Fsp3) is 0.238. The first-order valence-corrected chi connectivity index (χ1v) is 8.74. The van der Waals surface area contributed by atoms with E-state index in [1.807, 2.05) is 0 Å². The van der Waals surface area contributed by atoms with E-state index in [-0.39, 0.29) is 18.9 Å². The van der Waals surface area contributed by atoms with Gasteiger partial charge in [-0.2, -0.15) is 0 Å². The van der Waals surface area contributed by atoms with Crippen LogP contribution in [0, 0.1) is 5.82 Å². The van der Waals surface area contributed by atoms with E-state index in [1.54, 1.807) is 24.3 Å². The van der Waals surface area contributed by atoms with Crippen LogP contribution in [0.3, 0.4) is 0 Å². The van der Waals surface area contributed by atoms with Crippen molar-refractivity contribution in [1.82, 2.24) is 0 Å². The summed E-state index contributed by atoms with van der Waals surface area (Å²) in [6, 6.07) is 11.0. The average molecular weight is 383 g/mol. The predicted octanol–water partition coefficient (Wildman–Crippen LogP) is 3.17. The Bertz CT molecular complexity index is 1000. The average Bonchev–Trinajstić information content (AvgIpc) is 3.08. The van der Waals surface area contributed by atoms with Crippen LogP contribution in [-0.2, 0) is 14.3 Å². The third-order valence-corrected chi connectivity index (χ3v) is 4.99. The molecule has 2 aliphatic rings. The molecule has 0 radical (unpaired) electrons. The van der Waals surface area contributed by atoms with Crippen molar-refractivity contribution in [2.45, 2.75) is 12.3 Å². The van der Waals surface area contributed by atoms with Crippen molar-refractivity contribution in [2.24, 2.45) is 0 Å². The van der Waals surface area contributed by atoms with E-state index < -0.39 is 17.7 Å². The lowest BCUT2D eigenvalue weighted by molar-refractivity contribution is -0.136. The van der Waals surface area contributed by atoms with E-state index in [4.69, 9.17) is 14.2 Å². The zero-order valence-electron chi connectivity index (χ0n) is 15.4. The third kappa shape index (κ3) is 2.79. The summed E-state index contributed by atoms with van der Waals surface area (Å²) in [7, 11) is 3.03. The van der Waals surface area contributed by atoms with Crippen molar-refractivity contribution >= 4 is 17.6 Å². The molecular formula is C21H18FNO5. The van der Waals surface area contributed by atoms with Gasteiger partial charge in [-0.25, -0.2) is 9.18 Å². The summed E-state index contributed by atoms with van der Waals surface area (Å²) in [6.07, 6.45) is 0.0218. The first kappa shape index (κ1) is 18.0. The van der Waals surface area contributed by atoms with Crippen LogP contribution in [0.4, 0.5) is 10.1 Å². The minimum absolute atomic E-state index is 0.0218. The summed E-state index contributed by atoms with van der Waals surface area (Å²) in [5.41, 5.74) is 1.85. The van der Waals surface area contributed by atoms with Crippen LogP contribution in [-0.4, -0.2) is 32.7 Å². The van der Waals surface area contributed by atoms with Crippen molar-refractivity contribution in [2.75, 3.05) is 25.7 Å². The van der Waals surface area contributed by atoms with Crippen LogP contribution in [0.5, 0.6) is 11.5 Å². The van der Waals surface area contributed by atoms with E-state index in [2.05, 4.69) is 0 Å². The highest BCUT2D eigenvalue weighted by molar-refractivity contribution is 6.06. The number of esters is 1. The quantitative estimate of drug-likeness (QED) is 0.759. The van der Waals surface area contributed by atoms with Crippen molar-refractivity contribution in [1.29, 1.82) is 0 Å². The van der Waals surface area contributed by atoms with Crippen molar-refractivity contribution in [3.63, 3.8) is 0 Å². The number of benzene rings is 2. The van der Waals surface area contributed by atoms with Crippen LogP contribution in [0.1, 0.15) is 17.9 Å². The highest BCUT2D eigenvalue weighted by atomic mass is 19.1. The van der Waals surface area contributed by atoms with Gasteiger partial charge in [0.05, 0.1) is 31.2 Å². The molecule has 28 heavy (non-hydrogen) atoms. The second-order valence-corrected chi connectivity index (χ2v) is 6.48. The van der Waals surface area contributed by atoms with Crippen molar-refractivity contribution in [3.8, 4) is 11.5 Å². The van der Waals surface area contributed by atoms with Crippen molar-refractivity contribution in [3.05, 3.63) is 65.1 Å². The molecule has 2 aliphatic heterocycles. The molecule has 0 aliphatic carbocycles. The molecule has 4 rings (SSSR count). The maximum Gasteiger partial charge on any atom is 0.336 e. The van der Waals surface area contributed by atoms with E-state index in [9.17, 15) is 14.0 Å². The van der Waals surface area contributed by atoms with Gasteiger partial charge in [0.25, 0.3) is 0 Å². The zero-order chi connectivity index (χ0) is 19.8. The molecule has 6 nitrogen and oxygen atoms in total. The number of methoxy groups -OCH3 is 2. The van der Waals surface area contributed by atoms with E-state index in [0.717, 1.165) is 0 Å². The number of ether oxygens (including phenoxy) is 3. The van der Waals surface area contributed by atoms with Crippen molar-refractivity contribution < 1.29 is 28.2 Å². The summed E-state index contributed by atoms with van der Waals surface area (Å²) in [5.74, 6) is -0.764. The Morgan fingerprint density at radius 3 is 2.61 bits per heavy atom. The molecule has 2 heterocycles. The molecular weight excluding hydrogens is 365 g/mol. The number of hydrogen-bond donors (Lipinski definition) is 0. The number of carbonyl (C=O) groups is 2. The summed E-state index contributed by atoms with van der Waals surface area (Å²) < 4.78 is 29.8. The molecule has 1 atom stereocenters. The van der Waals surface area contributed by atoms with Gasteiger partial charge in [-0.15, -0.1) is 0 Å². The van der Waals surface area contributed by atoms with Gasteiger partial charge in [-0.1, -0.05) is 18.2 Å². The Balaban J connectivity index is 1.87. The molecule has 0 spiro atoms. The van der Waals surface area contributed by atoms with Crippen LogP contribution >= 0.6 is 0 Å². The number of anilines is 1. The normalized spacial score (nSPS) is 18.8. The summed E-state index contributed by atoms with van der Waals surface area (Å²) in [6.45, 7) is -0.0425. The van der Waals surface area contributed by atoms with Gasteiger partial charge in [-0.3, -0.25) is 9.69 Å². The lowest BCUT2D eigenvalue weighted by atomic mass is 9.83. The lowest BCUT2D eigenvalue weighted by Crippen LogP contribution is -2.37. The molecule has 2 aromatic carbocycles. The Labute approximate surface area is 161 Å². The Kier molecular flexibility index (Phi) is 4.50. The number of cyclic esters (lactones) is 1. The molecule has 0 bridgehead atoms. The number of rotatable bonds is 4. The topological polar surface area (TPSA) is 65.1 Å². The highest BCUT2D eigenvalue weighted by Gasteiger charge is 2.44. The fourth-order valence-corrected chi connectivity index (χ4v) is 3.82. The zero-order valence-corrected chi connectivity index (χ0v) is 15.4. The Morgan fingerprint density at radius 1 is 1.11 bits per heavy atom. The van der Waals surface area contributed by atoms with Gasteiger partial charge in [0.15, 0.2) is 11.5 Å². The standard InChI is InChI=1S/C21H18FNO5/c1-26-17-8-4-7-14(20(17)27-2)15-10-18(24)23(13-6-3-5-12(22)9-13)16-11-28-21(25)19(15)16/h3-9,15H,10-11H2,1-2H3/t15-/m0/s1. The van der Waals surface area contributed by atoms with E-state index in [0.29, 0.717) is 34.0 Å². The highest BCUT2D eigenvalue weighted by Crippen LogP contribution is 2.46. The number of halogens is 1. The van der Waals surface area contributed by atoms with Gasteiger partial charge in [-0.05, 0) is 24.3 Å². The summed E-state index contributed by atoms with van der Waals surface area (Å²) in [5, 5.41) is 0. The smallest absolute Gasteiger partial charge is 0.336 e. The Hall–Kier alpha value is -3.35. The minimum atomic E-state index is -0.535. The Morgan fingerprint density at radius 2 is 1.89 bits per heavy atom. The fourth-order valence-electron chi connectivity index (χ4n) is 3.82. The van der Waals surface area contributed by atoms with E-state index >= 15 is 0 Å². The minimum Gasteiger partial charge on any atom is -0.493 e. The van der Waals surface area contributed by atoms with Crippen LogP contribution < -0.4 is 14.4 Å². The summed E-state index contributed by atoms with van der Waals surface area (Å²) in [4.78, 5) is 26.9. The molecule has 144 valence electrons. The molecule has 0 aromatic heterocycles. The van der Waals surface area contributed by atoms with Gasteiger partial charge in [0, 0.05) is 17.9 Å². The molecule has 0 unspecified atom stereocenters. The molecule has 2 aromatic rings. The predicted molar refractivity (Wildman–Crippen MR) is 98.8 cm³/mol. The number of amides is 1. The monoisotopic (exact) mass is 383 g/mol. The van der Waals surface area contributed by atoms with Gasteiger partial charge < -0.3 is 14.2 Å². The largest absolute Gasteiger partial charge is 0.493 e. The first-order chi connectivity index (χ1) is 13.5. The second kappa shape index (κ2) is 6.99. The maximum absolute atomic E-state index is 13.7. The van der Waals surface area contributed by atoms with Crippen LogP contribution in [0.25, 0.3) is 0 Å². The first-order valence-electron chi connectivity index (χ1n) is 8.74. The SMILES string of the molecule is COc1cccc([C@@H]2CC(=O)N(c3cccc(F)c3)C3=C2C(=O)OC3)c1OC. The number of hydrogen-bond acceptors (Lipinski definition) is 5. The molecule has 0 fully saturated rings.